The third-order valence-electron chi connectivity index (χ3n) is 7.37. The van der Waals surface area contributed by atoms with Gasteiger partial charge in [-0.3, -0.25) is 9.59 Å². The van der Waals surface area contributed by atoms with Gasteiger partial charge in [0.15, 0.2) is 0 Å². The van der Waals surface area contributed by atoms with Gasteiger partial charge in [-0.1, -0.05) is 46.0 Å². The molecule has 1 heterocycles. The maximum Gasteiger partial charge on any atom is 0.316 e. The molecule has 2 unspecified atom stereocenters. The SMILES string of the molecule is CCNCC(=O)N1CC(=O)N(CC2CCCC(C)C2)C[C@@H]1NC(=O)NCC1CCCCC1. The van der Waals surface area contributed by atoms with E-state index in [2.05, 4.69) is 22.9 Å². The van der Waals surface area contributed by atoms with Crippen LogP contribution in [0.2, 0.25) is 0 Å². The van der Waals surface area contributed by atoms with Crippen LogP contribution in [0.4, 0.5) is 4.79 Å². The highest BCUT2D eigenvalue weighted by molar-refractivity contribution is 5.88. The summed E-state index contributed by atoms with van der Waals surface area (Å²) in [5.41, 5.74) is 0. The number of hydrogen-bond donors (Lipinski definition) is 3. The smallest absolute Gasteiger partial charge is 0.316 e. The Balaban J connectivity index is 1.59. The first-order chi connectivity index (χ1) is 15.5. The average Bonchev–Trinajstić information content (AvgIpc) is 2.79. The zero-order valence-corrected chi connectivity index (χ0v) is 20.0. The molecule has 0 bridgehead atoms. The van der Waals surface area contributed by atoms with Crippen molar-refractivity contribution in [2.45, 2.75) is 77.8 Å². The fraction of sp³-hybridized carbons (Fsp3) is 0.875. The number of likely N-dealkylation sites (N-methyl/N-ethyl adjacent to an activating group) is 1. The van der Waals surface area contributed by atoms with Gasteiger partial charge < -0.3 is 25.8 Å². The van der Waals surface area contributed by atoms with Gasteiger partial charge in [0.05, 0.1) is 13.1 Å². The first kappa shape index (κ1) is 24.8. The zero-order valence-electron chi connectivity index (χ0n) is 20.0. The second-order valence-corrected chi connectivity index (χ2v) is 10.1. The summed E-state index contributed by atoms with van der Waals surface area (Å²) in [6.45, 7) is 6.86. The lowest BCUT2D eigenvalue weighted by molar-refractivity contribution is -0.150. The Morgan fingerprint density at radius 2 is 1.78 bits per heavy atom. The van der Waals surface area contributed by atoms with Crippen LogP contribution in [-0.2, 0) is 9.59 Å². The van der Waals surface area contributed by atoms with Crippen molar-refractivity contribution in [3.8, 4) is 0 Å². The topological polar surface area (TPSA) is 93.8 Å². The highest BCUT2D eigenvalue weighted by Gasteiger charge is 2.37. The number of hydrogen-bond acceptors (Lipinski definition) is 4. The Morgan fingerprint density at radius 1 is 1.03 bits per heavy atom. The predicted molar refractivity (Wildman–Crippen MR) is 125 cm³/mol. The second-order valence-electron chi connectivity index (χ2n) is 10.1. The summed E-state index contributed by atoms with van der Waals surface area (Å²) in [4.78, 5) is 41.7. The maximum absolute atomic E-state index is 12.9. The normalized spacial score (nSPS) is 27.3. The van der Waals surface area contributed by atoms with Crippen LogP contribution < -0.4 is 16.0 Å². The van der Waals surface area contributed by atoms with Gasteiger partial charge in [0.25, 0.3) is 0 Å². The van der Waals surface area contributed by atoms with E-state index in [-0.39, 0.29) is 30.9 Å². The molecule has 0 spiro atoms. The molecular weight excluding hydrogens is 406 g/mol. The molecule has 2 aliphatic carbocycles. The molecule has 3 fully saturated rings. The van der Waals surface area contributed by atoms with E-state index >= 15 is 0 Å². The van der Waals surface area contributed by atoms with Crippen molar-refractivity contribution in [3.05, 3.63) is 0 Å². The second kappa shape index (κ2) is 12.4. The van der Waals surface area contributed by atoms with Crippen molar-refractivity contribution in [2.75, 3.05) is 39.3 Å². The summed E-state index contributed by atoms with van der Waals surface area (Å²) in [7, 11) is 0. The van der Waals surface area contributed by atoms with Crippen LogP contribution in [0.25, 0.3) is 0 Å². The summed E-state index contributed by atoms with van der Waals surface area (Å²) in [6.07, 6.45) is 10.4. The molecular formula is C24H43N5O3. The van der Waals surface area contributed by atoms with E-state index in [4.69, 9.17) is 0 Å². The van der Waals surface area contributed by atoms with Crippen LogP contribution in [0.5, 0.6) is 0 Å². The summed E-state index contributed by atoms with van der Waals surface area (Å²) in [6, 6.07) is -0.248. The summed E-state index contributed by atoms with van der Waals surface area (Å²) >= 11 is 0. The molecule has 32 heavy (non-hydrogen) atoms. The van der Waals surface area contributed by atoms with Crippen molar-refractivity contribution in [1.29, 1.82) is 0 Å². The lowest BCUT2D eigenvalue weighted by Gasteiger charge is -2.43. The Hall–Kier alpha value is -1.83. The van der Waals surface area contributed by atoms with E-state index in [0.29, 0.717) is 37.4 Å². The van der Waals surface area contributed by atoms with Gasteiger partial charge in [0.1, 0.15) is 12.7 Å². The molecule has 8 heteroatoms. The van der Waals surface area contributed by atoms with Crippen LogP contribution in [0.15, 0.2) is 0 Å². The van der Waals surface area contributed by atoms with Gasteiger partial charge in [0, 0.05) is 13.1 Å². The van der Waals surface area contributed by atoms with Crippen LogP contribution in [0.1, 0.15) is 71.6 Å². The zero-order chi connectivity index (χ0) is 22.9. The molecule has 0 radical (unpaired) electrons. The molecule has 3 rings (SSSR count). The summed E-state index contributed by atoms with van der Waals surface area (Å²) < 4.78 is 0. The van der Waals surface area contributed by atoms with Crippen molar-refractivity contribution in [2.24, 2.45) is 17.8 Å². The minimum absolute atomic E-state index is 0.0197. The average molecular weight is 450 g/mol. The fourth-order valence-corrected chi connectivity index (χ4v) is 5.53. The Bertz CT molecular complexity index is 637. The Morgan fingerprint density at radius 3 is 2.50 bits per heavy atom. The predicted octanol–water partition coefficient (Wildman–Crippen LogP) is 2.30. The van der Waals surface area contributed by atoms with Gasteiger partial charge in [-0.2, -0.15) is 0 Å². The first-order valence-corrected chi connectivity index (χ1v) is 12.8. The highest BCUT2D eigenvalue weighted by atomic mass is 16.2. The van der Waals surface area contributed by atoms with E-state index < -0.39 is 6.17 Å². The number of urea groups is 1. The minimum Gasteiger partial charge on any atom is -0.338 e. The Kier molecular flexibility index (Phi) is 9.63. The number of piperazine rings is 1. The van der Waals surface area contributed by atoms with Crippen LogP contribution in [-0.4, -0.2) is 73.1 Å². The van der Waals surface area contributed by atoms with Crippen molar-refractivity contribution < 1.29 is 14.4 Å². The number of nitrogens with one attached hydrogen (secondary N) is 3. The molecule has 1 saturated heterocycles. The number of carbonyl (C=O) groups is 3. The molecule has 8 nitrogen and oxygen atoms in total. The van der Waals surface area contributed by atoms with Crippen LogP contribution >= 0.6 is 0 Å². The molecule has 0 aromatic rings. The molecule has 2 saturated carbocycles. The number of rotatable bonds is 8. The first-order valence-electron chi connectivity index (χ1n) is 12.8. The van der Waals surface area contributed by atoms with Gasteiger partial charge >= 0.3 is 6.03 Å². The van der Waals surface area contributed by atoms with Gasteiger partial charge in [0.2, 0.25) is 11.8 Å². The molecule has 1 aliphatic heterocycles. The van der Waals surface area contributed by atoms with Gasteiger partial charge in [-0.05, 0) is 50.0 Å². The van der Waals surface area contributed by atoms with Gasteiger partial charge in [-0.15, -0.1) is 0 Å². The summed E-state index contributed by atoms with van der Waals surface area (Å²) in [5.74, 6) is 1.58. The van der Waals surface area contributed by atoms with E-state index in [1.165, 1.54) is 49.8 Å². The number of nitrogens with zero attached hydrogens (tertiary/aromatic N) is 2. The highest BCUT2D eigenvalue weighted by Crippen LogP contribution is 2.29. The maximum atomic E-state index is 12.9. The monoisotopic (exact) mass is 449 g/mol. The van der Waals surface area contributed by atoms with Gasteiger partial charge in [-0.25, -0.2) is 4.79 Å². The summed E-state index contributed by atoms with van der Waals surface area (Å²) in [5, 5.41) is 9.04. The molecule has 3 aliphatic rings. The lowest BCUT2D eigenvalue weighted by Crippen LogP contribution is -2.66. The fourth-order valence-electron chi connectivity index (χ4n) is 5.53. The molecule has 4 amide bonds. The third-order valence-corrected chi connectivity index (χ3v) is 7.37. The minimum atomic E-state index is -0.494. The molecule has 0 aromatic carbocycles. The van der Waals surface area contributed by atoms with Crippen molar-refractivity contribution >= 4 is 17.8 Å². The number of amides is 4. The van der Waals surface area contributed by atoms with Crippen molar-refractivity contribution in [1.82, 2.24) is 25.8 Å². The molecule has 3 atom stereocenters. The van der Waals surface area contributed by atoms with E-state index in [1.54, 1.807) is 0 Å². The van der Waals surface area contributed by atoms with E-state index in [0.717, 1.165) is 19.4 Å². The Labute approximate surface area is 193 Å². The van der Waals surface area contributed by atoms with E-state index in [9.17, 15) is 14.4 Å². The molecule has 182 valence electrons. The van der Waals surface area contributed by atoms with Crippen LogP contribution in [0, 0.1) is 17.8 Å². The van der Waals surface area contributed by atoms with E-state index in [1.807, 2.05) is 11.8 Å². The quantitative estimate of drug-likeness (QED) is 0.530. The lowest BCUT2D eigenvalue weighted by atomic mass is 9.82. The molecule has 0 aromatic heterocycles. The molecule has 3 N–H and O–H groups in total. The number of carbonyl (C=O) groups excluding carboxylic acids is 3. The largest absolute Gasteiger partial charge is 0.338 e. The van der Waals surface area contributed by atoms with Crippen molar-refractivity contribution in [3.63, 3.8) is 0 Å². The standard InChI is InChI=1S/C24H43N5O3/c1-3-25-14-22(30)29-17-23(31)28(15-20-11-7-8-18(2)12-20)16-21(29)27-24(32)26-13-19-9-5-4-6-10-19/h18-21,25H,3-17H2,1-2H3,(H2,26,27,32)/t18?,20?,21-/m1/s1. The van der Waals surface area contributed by atoms with Crippen LogP contribution in [0.3, 0.4) is 0 Å². The third kappa shape index (κ3) is 7.36.